The number of rotatable bonds is 6. The maximum Gasteiger partial charge on any atom is 0.255 e. The van der Waals surface area contributed by atoms with Crippen molar-refractivity contribution < 1.29 is 17.9 Å². The van der Waals surface area contributed by atoms with Crippen LogP contribution in [0.4, 0.5) is 5.69 Å². The third kappa shape index (κ3) is 5.10. The number of anilines is 1. The van der Waals surface area contributed by atoms with Gasteiger partial charge < -0.3 is 10.1 Å². The molecule has 156 valence electrons. The molecule has 0 aromatic heterocycles. The Hall–Kier alpha value is -2.09. The van der Waals surface area contributed by atoms with E-state index in [0.717, 1.165) is 37.7 Å². The zero-order chi connectivity index (χ0) is 21.0. The Balaban J connectivity index is 1.87. The molecular weight excluding hydrogens is 412 g/mol. The summed E-state index contributed by atoms with van der Waals surface area (Å²) < 4.78 is 33.9. The molecule has 0 unspecified atom stereocenters. The number of hydrogen-bond acceptors (Lipinski definition) is 4. The minimum absolute atomic E-state index is 0.0407. The first-order chi connectivity index (χ1) is 13.8. The van der Waals surface area contributed by atoms with Crippen molar-refractivity contribution in [2.24, 2.45) is 0 Å². The summed E-state index contributed by atoms with van der Waals surface area (Å²) in [4.78, 5) is 12.7. The van der Waals surface area contributed by atoms with E-state index in [-0.39, 0.29) is 22.3 Å². The van der Waals surface area contributed by atoms with Crippen LogP contribution in [0.3, 0.4) is 0 Å². The van der Waals surface area contributed by atoms with E-state index in [9.17, 15) is 13.2 Å². The summed E-state index contributed by atoms with van der Waals surface area (Å²) in [6.45, 7) is 1.80. The predicted octanol–water partition coefficient (Wildman–Crippen LogP) is 4.52. The second kappa shape index (κ2) is 9.15. The van der Waals surface area contributed by atoms with Crippen LogP contribution < -0.4 is 14.8 Å². The largest absolute Gasteiger partial charge is 0.495 e. The fraction of sp³-hybridized carbons (Fsp3) is 0.381. The van der Waals surface area contributed by atoms with Gasteiger partial charge in [0, 0.05) is 22.3 Å². The zero-order valence-corrected chi connectivity index (χ0v) is 18.1. The van der Waals surface area contributed by atoms with Crippen LogP contribution >= 0.6 is 11.6 Å². The molecule has 3 rings (SSSR count). The van der Waals surface area contributed by atoms with Gasteiger partial charge in [0.1, 0.15) is 10.6 Å². The number of halogens is 1. The summed E-state index contributed by atoms with van der Waals surface area (Å²) in [7, 11) is -2.42. The topological polar surface area (TPSA) is 84.5 Å². The molecule has 1 fully saturated rings. The minimum Gasteiger partial charge on any atom is -0.495 e. The van der Waals surface area contributed by atoms with Gasteiger partial charge in [-0.1, -0.05) is 36.9 Å². The van der Waals surface area contributed by atoms with Gasteiger partial charge >= 0.3 is 0 Å². The molecule has 0 spiro atoms. The number of sulfonamides is 1. The molecule has 29 heavy (non-hydrogen) atoms. The van der Waals surface area contributed by atoms with Gasteiger partial charge in [-0.05, 0) is 55.7 Å². The lowest BCUT2D eigenvalue weighted by Gasteiger charge is -2.23. The summed E-state index contributed by atoms with van der Waals surface area (Å²) in [6.07, 6.45) is 4.77. The van der Waals surface area contributed by atoms with Crippen LogP contribution in [-0.2, 0) is 10.0 Å². The van der Waals surface area contributed by atoms with Crippen LogP contribution in [0.15, 0.2) is 41.3 Å². The molecule has 0 heterocycles. The third-order valence-corrected chi connectivity index (χ3v) is 7.11. The van der Waals surface area contributed by atoms with E-state index < -0.39 is 15.9 Å². The molecule has 8 heteroatoms. The van der Waals surface area contributed by atoms with E-state index in [1.54, 1.807) is 25.1 Å². The molecule has 0 aliphatic heterocycles. The first-order valence-electron chi connectivity index (χ1n) is 9.58. The monoisotopic (exact) mass is 436 g/mol. The second-order valence-electron chi connectivity index (χ2n) is 7.19. The molecular formula is C21H25ClN2O4S. The van der Waals surface area contributed by atoms with Gasteiger partial charge in [0.05, 0.1) is 7.11 Å². The molecule has 6 nitrogen and oxygen atoms in total. The number of nitrogens with one attached hydrogen (secondary N) is 2. The molecule has 1 aliphatic carbocycles. The van der Waals surface area contributed by atoms with Crippen molar-refractivity contribution >= 4 is 33.2 Å². The van der Waals surface area contributed by atoms with Crippen molar-refractivity contribution in [2.75, 3.05) is 12.4 Å². The quantitative estimate of drug-likeness (QED) is 0.697. The highest BCUT2D eigenvalue weighted by Crippen LogP contribution is 2.28. The normalized spacial score (nSPS) is 15.1. The first kappa shape index (κ1) is 21.6. The smallest absolute Gasteiger partial charge is 0.255 e. The Morgan fingerprint density at radius 2 is 1.86 bits per heavy atom. The van der Waals surface area contributed by atoms with Crippen molar-refractivity contribution in [1.29, 1.82) is 0 Å². The van der Waals surface area contributed by atoms with Gasteiger partial charge in [-0.2, -0.15) is 0 Å². The fourth-order valence-corrected chi connectivity index (χ4v) is 5.14. The SMILES string of the molecule is COc1ccc(C(=O)Nc2cccc(Cl)c2C)cc1S(=O)(=O)NC1CCCCC1. The molecule has 1 amide bonds. The maximum atomic E-state index is 13.0. The van der Waals surface area contributed by atoms with Gasteiger partial charge in [-0.25, -0.2) is 13.1 Å². The minimum atomic E-state index is -3.82. The summed E-state index contributed by atoms with van der Waals surface area (Å²) in [5.41, 5.74) is 1.53. The lowest BCUT2D eigenvalue weighted by molar-refractivity contribution is 0.102. The lowest BCUT2D eigenvalue weighted by Crippen LogP contribution is -2.36. The summed E-state index contributed by atoms with van der Waals surface area (Å²) in [5.74, 6) is -0.226. The van der Waals surface area contributed by atoms with Crippen LogP contribution in [-0.4, -0.2) is 27.5 Å². The maximum absolute atomic E-state index is 13.0. The molecule has 1 aliphatic rings. The van der Waals surface area contributed by atoms with Crippen LogP contribution in [0.25, 0.3) is 0 Å². The number of benzene rings is 2. The van der Waals surface area contributed by atoms with E-state index in [1.165, 1.54) is 25.3 Å². The van der Waals surface area contributed by atoms with Crippen LogP contribution in [0, 0.1) is 6.92 Å². The fourth-order valence-electron chi connectivity index (χ4n) is 3.47. The molecule has 0 saturated heterocycles. The summed E-state index contributed by atoms with van der Waals surface area (Å²) >= 11 is 6.11. The van der Waals surface area contributed by atoms with Crippen LogP contribution in [0.2, 0.25) is 5.02 Å². The highest BCUT2D eigenvalue weighted by Gasteiger charge is 2.26. The molecule has 0 bridgehead atoms. The van der Waals surface area contributed by atoms with Gasteiger partial charge in [0.15, 0.2) is 0 Å². The number of amides is 1. The predicted molar refractivity (Wildman–Crippen MR) is 114 cm³/mol. The standard InChI is InChI=1S/C21H25ClN2O4S/c1-14-17(22)9-6-10-18(14)23-21(25)15-11-12-19(28-2)20(13-15)29(26,27)24-16-7-4-3-5-8-16/h6,9-13,16,24H,3-5,7-8H2,1-2H3,(H,23,25). The van der Waals surface area contributed by atoms with Crippen LogP contribution in [0.1, 0.15) is 48.0 Å². The van der Waals surface area contributed by atoms with Crippen molar-refractivity contribution in [3.63, 3.8) is 0 Å². The van der Waals surface area contributed by atoms with Crippen molar-refractivity contribution in [3.8, 4) is 5.75 Å². The second-order valence-corrected chi connectivity index (χ2v) is 9.28. The number of hydrogen-bond donors (Lipinski definition) is 2. The van der Waals surface area contributed by atoms with E-state index in [1.807, 2.05) is 0 Å². The van der Waals surface area contributed by atoms with Crippen molar-refractivity contribution in [1.82, 2.24) is 4.72 Å². The highest BCUT2D eigenvalue weighted by molar-refractivity contribution is 7.89. The molecule has 1 saturated carbocycles. The lowest BCUT2D eigenvalue weighted by atomic mass is 9.96. The third-order valence-electron chi connectivity index (χ3n) is 5.16. The number of ether oxygens (including phenoxy) is 1. The van der Waals surface area contributed by atoms with Crippen molar-refractivity contribution in [3.05, 3.63) is 52.5 Å². The Morgan fingerprint density at radius 1 is 1.14 bits per heavy atom. The Bertz CT molecular complexity index is 1000. The average molecular weight is 437 g/mol. The van der Waals surface area contributed by atoms with E-state index in [2.05, 4.69) is 10.0 Å². The van der Waals surface area contributed by atoms with Crippen LogP contribution in [0.5, 0.6) is 5.75 Å². The molecule has 0 radical (unpaired) electrons. The summed E-state index contributed by atoms with van der Waals surface area (Å²) in [5, 5.41) is 3.32. The Morgan fingerprint density at radius 3 is 2.55 bits per heavy atom. The molecule has 0 atom stereocenters. The van der Waals surface area contributed by atoms with Crippen molar-refractivity contribution in [2.45, 2.75) is 50.0 Å². The van der Waals surface area contributed by atoms with Gasteiger partial charge in [-0.15, -0.1) is 0 Å². The molecule has 2 N–H and O–H groups in total. The van der Waals surface area contributed by atoms with Gasteiger partial charge in [0.25, 0.3) is 5.91 Å². The Kier molecular flexibility index (Phi) is 6.82. The highest BCUT2D eigenvalue weighted by atomic mass is 35.5. The number of carbonyl (C=O) groups is 1. The van der Waals surface area contributed by atoms with E-state index >= 15 is 0 Å². The average Bonchev–Trinajstić information content (AvgIpc) is 2.71. The van der Waals surface area contributed by atoms with E-state index in [0.29, 0.717) is 10.7 Å². The number of methoxy groups -OCH3 is 1. The Labute approximate surface area is 176 Å². The number of carbonyl (C=O) groups excluding carboxylic acids is 1. The first-order valence-corrected chi connectivity index (χ1v) is 11.4. The summed E-state index contributed by atoms with van der Waals surface area (Å²) in [6, 6.07) is 9.50. The zero-order valence-electron chi connectivity index (χ0n) is 16.5. The molecule has 2 aromatic rings. The van der Waals surface area contributed by atoms with Gasteiger partial charge in [0.2, 0.25) is 10.0 Å². The van der Waals surface area contributed by atoms with Gasteiger partial charge in [-0.3, -0.25) is 4.79 Å². The molecule has 2 aromatic carbocycles. The van der Waals surface area contributed by atoms with E-state index in [4.69, 9.17) is 16.3 Å².